The number of nitrogens with zero attached hydrogens (tertiary/aromatic N) is 6. The summed E-state index contributed by atoms with van der Waals surface area (Å²) in [7, 11) is 0. The number of halogens is 1. The van der Waals surface area contributed by atoms with Crippen molar-refractivity contribution < 1.29 is 4.79 Å². The molecule has 0 N–H and O–H groups in total. The van der Waals surface area contributed by atoms with Crippen LogP contribution in [0.25, 0.3) is 11.4 Å². The van der Waals surface area contributed by atoms with Gasteiger partial charge in [-0.1, -0.05) is 54.1 Å². The van der Waals surface area contributed by atoms with Crippen LogP contribution in [-0.2, 0) is 17.9 Å². The lowest BCUT2D eigenvalue weighted by molar-refractivity contribution is -0.134. The summed E-state index contributed by atoms with van der Waals surface area (Å²) >= 11 is 5.94. The van der Waals surface area contributed by atoms with Crippen molar-refractivity contribution in [1.29, 1.82) is 0 Å². The fraction of sp³-hybridized carbons (Fsp3) is 0.300. The van der Waals surface area contributed by atoms with Crippen LogP contribution in [0.15, 0.2) is 54.6 Å². The second-order valence-electron chi connectivity index (χ2n) is 6.79. The molecule has 0 spiro atoms. The Balaban J connectivity index is 1.28. The van der Waals surface area contributed by atoms with E-state index in [0.29, 0.717) is 18.9 Å². The molecule has 0 saturated carbocycles. The van der Waals surface area contributed by atoms with E-state index < -0.39 is 0 Å². The minimum atomic E-state index is 0.0168. The van der Waals surface area contributed by atoms with E-state index in [1.807, 2.05) is 59.5 Å². The van der Waals surface area contributed by atoms with E-state index in [1.54, 1.807) is 0 Å². The lowest BCUT2D eigenvalue weighted by atomic mass is 10.2. The first-order valence-electron chi connectivity index (χ1n) is 9.25. The van der Waals surface area contributed by atoms with Crippen LogP contribution in [0.1, 0.15) is 5.56 Å². The summed E-state index contributed by atoms with van der Waals surface area (Å²) in [5.74, 6) is 0.546. The molecule has 4 rings (SSSR count). The molecule has 1 aliphatic rings. The highest BCUT2D eigenvalue weighted by Crippen LogP contribution is 2.14. The zero-order valence-electron chi connectivity index (χ0n) is 15.4. The van der Waals surface area contributed by atoms with Crippen molar-refractivity contribution >= 4 is 17.5 Å². The summed E-state index contributed by atoms with van der Waals surface area (Å²) in [6, 6.07) is 17.5. The number of hydrogen-bond donors (Lipinski definition) is 0. The van der Waals surface area contributed by atoms with E-state index in [9.17, 15) is 4.79 Å². The molecule has 144 valence electrons. The van der Waals surface area contributed by atoms with E-state index in [4.69, 9.17) is 11.6 Å². The molecule has 28 heavy (non-hydrogen) atoms. The molecule has 1 amide bonds. The van der Waals surface area contributed by atoms with Gasteiger partial charge in [0.2, 0.25) is 11.7 Å². The van der Waals surface area contributed by atoms with Gasteiger partial charge in [0.05, 0.1) is 0 Å². The van der Waals surface area contributed by atoms with Crippen LogP contribution in [0.4, 0.5) is 0 Å². The Morgan fingerprint density at radius 3 is 2.39 bits per heavy atom. The number of amides is 1. The molecule has 0 aliphatic carbocycles. The van der Waals surface area contributed by atoms with Crippen LogP contribution in [-0.4, -0.2) is 62.1 Å². The topological polar surface area (TPSA) is 67.2 Å². The molecule has 7 nitrogen and oxygen atoms in total. The predicted octanol–water partition coefficient (Wildman–Crippen LogP) is 2.34. The summed E-state index contributed by atoms with van der Waals surface area (Å²) in [6.07, 6.45) is 0. The number of carbonyl (C=O) groups excluding carboxylic acids is 1. The van der Waals surface area contributed by atoms with Crippen molar-refractivity contribution in [1.82, 2.24) is 30.0 Å². The normalized spacial score (nSPS) is 15.0. The van der Waals surface area contributed by atoms with Crippen molar-refractivity contribution in [2.24, 2.45) is 0 Å². The van der Waals surface area contributed by atoms with Crippen molar-refractivity contribution in [3.63, 3.8) is 0 Å². The van der Waals surface area contributed by atoms with Crippen molar-refractivity contribution in [3.05, 3.63) is 65.2 Å². The van der Waals surface area contributed by atoms with Crippen molar-refractivity contribution in [2.45, 2.75) is 13.1 Å². The van der Waals surface area contributed by atoms with Gasteiger partial charge in [-0.25, -0.2) is 0 Å². The van der Waals surface area contributed by atoms with E-state index in [-0.39, 0.29) is 12.5 Å². The van der Waals surface area contributed by atoms with Gasteiger partial charge in [-0.2, -0.15) is 4.80 Å². The minimum Gasteiger partial charge on any atom is -0.338 e. The third-order valence-corrected chi connectivity index (χ3v) is 5.06. The number of hydrogen-bond acceptors (Lipinski definition) is 5. The zero-order chi connectivity index (χ0) is 19.3. The summed E-state index contributed by atoms with van der Waals surface area (Å²) < 4.78 is 0. The molecule has 1 fully saturated rings. The molecular formula is C20H21ClN6O. The first-order valence-corrected chi connectivity index (χ1v) is 9.63. The Morgan fingerprint density at radius 2 is 1.68 bits per heavy atom. The highest BCUT2D eigenvalue weighted by molar-refractivity contribution is 6.30. The Labute approximate surface area is 168 Å². The van der Waals surface area contributed by atoms with Gasteiger partial charge >= 0.3 is 0 Å². The van der Waals surface area contributed by atoms with Crippen molar-refractivity contribution in [2.75, 3.05) is 26.2 Å². The average molecular weight is 397 g/mol. The van der Waals surface area contributed by atoms with E-state index in [1.165, 1.54) is 10.4 Å². The molecule has 0 radical (unpaired) electrons. The molecule has 1 aromatic heterocycles. The fourth-order valence-corrected chi connectivity index (χ4v) is 3.36. The minimum absolute atomic E-state index is 0.0168. The second kappa shape index (κ2) is 8.50. The van der Waals surface area contributed by atoms with Crippen LogP contribution in [0, 0.1) is 0 Å². The van der Waals surface area contributed by atoms with Crippen LogP contribution in [0.2, 0.25) is 5.02 Å². The monoisotopic (exact) mass is 396 g/mol. The first kappa shape index (κ1) is 18.6. The zero-order valence-corrected chi connectivity index (χ0v) is 16.2. The van der Waals surface area contributed by atoms with Gasteiger partial charge < -0.3 is 4.90 Å². The van der Waals surface area contributed by atoms with Gasteiger partial charge in [0.15, 0.2) is 0 Å². The lowest BCUT2D eigenvalue weighted by Gasteiger charge is -2.34. The predicted molar refractivity (Wildman–Crippen MR) is 107 cm³/mol. The van der Waals surface area contributed by atoms with Gasteiger partial charge in [0.25, 0.3) is 0 Å². The Hall–Kier alpha value is -2.77. The second-order valence-corrected chi connectivity index (χ2v) is 7.23. The summed E-state index contributed by atoms with van der Waals surface area (Å²) in [4.78, 5) is 18.2. The molecule has 0 unspecified atom stereocenters. The third kappa shape index (κ3) is 4.55. The summed E-state index contributed by atoms with van der Waals surface area (Å²) in [5.41, 5.74) is 2.11. The first-order chi connectivity index (χ1) is 13.7. The van der Waals surface area contributed by atoms with E-state index >= 15 is 0 Å². The summed E-state index contributed by atoms with van der Waals surface area (Å²) in [6.45, 7) is 4.06. The molecule has 8 heteroatoms. The van der Waals surface area contributed by atoms with E-state index in [2.05, 4.69) is 20.3 Å². The molecule has 2 heterocycles. The number of tetrazole rings is 1. The molecule has 1 aliphatic heterocycles. The highest BCUT2D eigenvalue weighted by Gasteiger charge is 2.22. The molecular weight excluding hydrogens is 376 g/mol. The Kier molecular flexibility index (Phi) is 5.64. The van der Waals surface area contributed by atoms with Crippen molar-refractivity contribution in [3.8, 4) is 11.4 Å². The summed E-state index contributed by atoms with van der Waals surface area (Å²) in [5, 5.41) is 13.1. The molecule has 0 bridgehead atoms. The number of piperazine rings is 1. The van der Waals surface area contributed by atoms with Crippen LogP contribution >= 0.6 is 11.6 Å². The number of rotatable bonds is 5. The smallest absolute Gasteiger partial charge is 0.246 e. The van der Waals surface area contributed by atoms with Gasteiger partial charge in [-0.15, -0.1) is 10.2 Å². The average Bonchev–Trinajstić information content (AvgIpc) is 3.19. The Bertz CT molecular complexity index is 919. The fourth-order valence-electron chi connectivity index (χ4n) is 3.24. The standard InChI is InChI=1S/C20H21ClN6O/c21-18-8-6-16(7-9-18)14-25-10-12-26(13-11-25)19(28)15-27-23-20(22-24-27)17-4-2-1-3-5-17/h1-9H,10-15H2. The lowest BCUT2D eigenvalue weighted by Crippen LogP contribution is -2.49. The van der Waals surface area contributed by atoms with Gasteiger partial charge in [-0.05, 0) is 22.9 Å². The molecule has 0 atom stereocenters. The molecule has 2 aromatic carbocycles. The number of carbonyl (C=O) groups is 1. The van der Waals surface area contributed by atoms with Gasteiger partial charge in [0.1, 0.15) is 6.54 Å². The maximum atomic E-state index is 12.6. The van der Waals surface area contributed by atoms with Gasteiger partial charge in [0, 0.05) is 43.3 Å². The highest BCUT2D eigenvalue weighted by atomic mass is 35.5. The van der Waals surface area contributed by atoms with Crippen LogP contribution in [0.3, 0.4) is 0 Å². The number of aromatic nitrogens is 4. The molecule has 1 saturated heterocycles. The van der Waals surface area contributed by atoms with Crippen LogP contribution in [0.5, 0.6) is 0 Å². The quantitative estimate of drug-likeness (QED) is 0.662. The maximum absolute atomic E-state index is 12.6. The van der Waals surface area contributed by atoms with Crippen LogP contribution < -0.4 is 0 Å². The Morgan fingerprint density at radius 1 is 0.964 bits per heavy atom. The maximum Gasteiger partial charge on any atom is 0.246 e. The number of benzene rings is 2. The molecule has 3 aromatic rings. The SMILES string of the molecule is O=C(Cn1nnc(-c2ccccc2)n1)N1CCN(Cc2ccc(Cl)cc2)CC1. The van der Waals surface area contributed by atoms with E-state index in [0.717, 1.165) is 30.2 Å². The largest absolute Gasteiger partial charge is 0.338 e. The van der Waals surface area contributed by atoms with Gasteiger partial charge in [-0.3, -0.25) is 9.69 Å². The third-order valence-electron chi connectivity index (χ3n) is 4.81.